The largest absolute Gasteiger partial charge is 0.378 e. The van der Waals surface area contributed by atoms with Crippen molar-refractivity contribution in [1.29, 1.82) is 0 Å². The Morgan fingerprint density at radius 3 is 2.70 bits per heavy atom. The molecule has 0 atom stereocenters. The maximum absolute atomic E-state index is 12.3. The van der Waals surface area contributed by atoms with E-state index in [1.807, 2.05) is 6.92 Å². The summed E-state index contributed by atoms with van der Waals surface area (Å²) in [5.41, 5.74) is 6.30. The summed E-state index contributed by atoms with van der Waals surface area (Å²) in [7, 11) is -3.59. The molecule has 0 radical (unpaired) electrons. The van der Waals surface area contributed by atoms with E-state index >= 15 is 0 Å². The van der Waals surface area contributed by atoms with Gasteiger partial charge in [-0.2, -0.15) is 0 Å². The number of nitrogens with two attached hydrogens (primary N) is 1. The van der Waals surface area contributed by atoms with Gasteiger partial charge in [0.2, 0.25) is 10.0 Å². The van der Waals surface area contributed by atoms with Crippen LogP contribution in [0.4, 0.5) is 0 Å². The van der Waals surface area contributed by atoms with Gasteiger partial charge in [0.25, 0.3) is 0 Å². The summed E-state index contributed by atoms with van der Waals surface area (Å²) in [4.78, 5) is 0.0937. The molecule has 0 aliphatic heterocycles. The number of halogens is 1. The molecule has 1 fully saturated rings. The van der Waals surface area contributed by atoms with E-state index in [1.54, 1.807) is 12.1 Å². The molecule has 0 spiro atoms. The van der Waals surface area contributed by atoms with Crippen LogP contribution in [0.2, 0.25) is 5.02 Å². The van der Waals surface area contributed by atoms with Crippen molar-refractivity contribution in [2.75, 3.05) is 6.61 Å². The minimum Gasteiger partial charge on any atom is -0.378 e. The van der Waals surface area contributed by atoms with E-state index in [0.717, 1.165) is 5.56 Å². The number of nitrogens with one attached hydrogen (secondary N) is 1. The Labute approximate surface area is 124 Å². The van der Waals surface area contributed by atoms with E-state index in [2.05, 4.69) is 4.72 Å². The molecule has 3 N–H and O–H groups in total. The lowest BCUT2D eigenvalue weighted by Gasteiger charge is -2.35. The third kappa shape index (κ3) is 3.51. The molecular formula is C13H19ClN2O3S. The van der Waals surface area contributed by atoms with Gasteiger partial charge < -0.3 is 10.5 Å². The zero-order chi connectivity index (χ0) is 14.8. The van der Waals surface area contributed by atoms with E-state index in [1.165, 1.54) is 6.07 Å². The standard InChI is InChI=1S/C13H19ClN2O3S/c1-2-19-11-6-10(7-11)16-20(17,18)13-4-3-9(8-15)5-12(13)14/h3-5,10-11,16H,2,6-8,15H2,1H3. The zero-order valence-electron chi connectivity index (χ0n) is 11.3. The minimum atomic E-state index is -3.59. The summed E-state index contributed by atoms with van der Waals surface area (Å²) < 4.78 is 32.6. The predicted molar refractivity (Wildman–Crippen MR) is 78.1 cm³/mol. The second-order valence-corrected chi connectivity index (χ2v) is 6.93. The van der Waals surface area contributed by atoms with Gasteiger partial charge in [-0.3, -0.25) is 0 Å². The maximum atomic E-state index is 12.3. The average molecular weight is 319 g/mol. The number of sulfonamides is 1. The first-order valence-corrected chi connectivity index (χ1v) is 8.44. The SMILES string of the molecule is CCOC1CC(NS(=O)(=O)c2ccc(CN)cc2Cl)C1. The van der Waals surface area contributed by atoms with Crippen molar-refractivity contribution in [2.24, 2.45) is 5.73 Å². The van der Waals surface area contributed by atoms with Crippen molar-refractivity contribution in [3.63, 3.8) is 0 Å². The van der Waals surface area contributed by atoms with Gasteiger partial charge in [0, 0.05) is 19.2 Å². The Morgan fingerprint density at radius 1 is 1.45 bits per heavy atom. The topological polar surface area (TPSA) is 81.4 Å². The highest BCUT2D eigenvalue weighted by Gasteiger charge is 2.33. The summed E-state index contributed by atoms with van der Waals surface area (Å²) in [6.45, 7) is 2.90. The highest BCUT2D eigenvalue weighted by molar-refractivity contribution is 7.89. The van der Waals surface area contributed by atoms with Gasteiger partial charge in [0.1, 0.15) is 4.90 Å². The fourth-order valence-electron chi connectivity index (χ4n) is 2.21. The monoisotopic (exact) mass is 318 g/mol. The first kappa shape index (κ1) is 15.7. The quantitative estimate of drug-likeness (QED) is 0.835. The van der Waals surface area contributed by atoms with E-state index in [4.69, 9.17) is 22.1 Å². The molecule has 0 amide bonds. The van der Waals surface area contributed by atoms with Gasteiger partial charge in [-0.05, 0) is 37.5 Å². The molecule has 0 unspecified atom stereocenters. The molecule has 0 bridgehead atoms. The maximum Gasteiger partial charge on any atom is 0.242 e. The van der Waals surface area contributed by atoms with E-state index in [9.17, 15) is 8.42 Å². The van der Waals surface area contributed by atoms with Gasteiger partial charge in [-0.1, -0.05) is 17.7 Å². The predicted octanol–water partition coefficient (Wildman–Crippen LogP) is 1.64. The lowest BCUT2D eigenvalue weighted by atomic mass is 9.90. The van der Waals surface area contributed by atoms with Gasteiger partial charge >= 0.3 is 0 Å². The van der Waals surface area contributed by atoms with Crippen LogP contribution in [0.25, 0.3) is 0 Å². The summed E-state index contributed by atoms with van der Waals surface area (Å²) in [5.74, 6) is 0. The van der Waals surface area contributed by atoms with Gasteiger partial charge in [0.15, 0.2) is 0 Å². The van der Waals surface area contributed by atoms with Gasteiger partial charge in [-0.25, -0.2) is 13.1 Å². The zero-order valence-corrected chi connectivity index (χ0v) is 12.9. The van der Waals surface area contributed by atoms with Crippen LogP contribution >= 0.6 is 11.6 Å². The molecule has 1 saturated carbocycles. The molecule has 1 aromatic rings. The number of hydrogen-bond donors (Lipinski definition) is 2. The number of rotatable bonds is 6. The van der Waals surface area contributed by atoms with E-state index < -0.39 is 10.0 Å². The molecule has 1 aliphatic carbocycles. The molecule has 112 valence electrons. The molecule has 0 saturated heterocycles. The molecule has 0 aromatic heterocycles. The Bertz CT molecular complexity index is 571. The number of ether oxygens (including phenoxy) is 1. The lowest BCUT2D eigenvalue weighted by molar-refractivity contribution is -0.00475. The van der Waals surface area contributed by atoms with Crippen LogP contribution in [-0.2, 0) is 21.3 Å². The highest BCUT2D eigenvalue weighted by atomic mass is 35.5. The van der Waals surface area contributed by atoms with Crippen LogP contribution < -0.4 is 10.5 Å². The van der Waals surface area contributed by atoms with Crippen LogP contribution in [0.3, 0.4) is 0 Å². The number of benzene rings is 1. The Hall–Kier alpha value is -0.660. The Balaban J connectivity index is 2.04. The van der Waals surface area contributed by atoms with Crippen molar-refractivity contribution in [1.82, 2.24) is 4.72 Å². The molecule has 0 heterocycles. The second-order valence-electron chi connectivity index (χ2n) is 4.84. The van der Waals surface area contributed by atoms with Crippen molar-refractivity contribution in [3.05, 3.63) is 28.8 Å². The van der Waals surface area contributed by atoms with Gasteiger partial charge in [-0.15, -0.1) is 0 Å². The van der Waals surface area contributed by atoms with E-state index in [-0.39, 0.29) is 22.1 Å². The van der Waals surface area contributed by atoms with Crippen LogP contribution in [0, 0.1) is 0 Å². The molecule has 7 heteroatoms. The third-order valence-electron chi connectivity index (χ3n) is 3.34. The van der Waals surface area contributed by atoms with E-state index in [0.29, 0.717) is 26.0 Å². The Kier molecular flexibility index (Phi) is 5.04. The minimum absolute atomic E-state index is 0.0817. The average Bonchev–Trinajstić information content (AvgIpc) is 2.35. The fraction of sp³-hybridized carbons (Fsp3) is 0.538. The summed E-state index contributed by atoms with van der Waals surface area (Å²) in [5, 5.41) is 0.195. The molecule has 5 nitrogen and oxygen atoms in total. The third-order valence-corrected chi connectivity index (χ3v) is 5.34. The van der Waals surface area contributed by atoms with Crippen molar-refractivity contribution in [2.45, 2.75) is 43.4 Å². The van der Waals surface area contributed by atoms with Crippen molar-refractivity contribution in [3.8, 4) is 0 Å². The highest BCUT2D eigenvalue weighted by Crippen LogP contribution is 2.27. The van der Waals surface area contributed by atoms with Crippen molar-refractivity contribution >= 4 is 21.6 Å². The van der Waals surface area contributed by atoms with Crippen LogP contribution in [0.1, 0.15) is 25.3 Å². The summed E-state index contributed by atoms with van der Waals surface area (Å²) >= 11 is 6.02. The summed E-state index contributed by atoms with van der Waals surface area (Å²) in [6, 6.07) is 4.66. The summed E-state index contributed by atoms with van der Waals surface area (Å²) in [6.07, 6.45) is 1.56. The van der Waals surface area contributed by atoms with Crippen LogP contribution in [-0.4, -0.2) is 27.2 Å². The van der Waals surface area contributed by atoms with Gasteiger partial charge in [0.05, 0.1) is 11.1 Å². The molecule has 1 aliphatic rings. The first-order chi connectivity index (χ1) is 9.46. The van der Waals surface area contributed by atoms with Crippen LogP contribution in [0.5, 0.6) is 0 Å². The lowest BCUT2D eigenvalue weighted by Crippen LogP contribution is -2.47. The van der Waals surface area contributed by atoms with Crippen LogP contribution in [0.15, 0.2) is 23.1 Å². The second kappa shape index (κ2) is 6.41. The normalized spacial score (nSPS) is 22.6. The molecule has 1 aromatic carbocycles. The molecular weight excluding hydrogens is 300 g/mol. The first-order valence-electron chi connectivity index (χ1n) is 6.58. The Morgan fingerprint density at radius 2 is 2.15 bits per heavy atom. The van der Waals surface area contributed by atoms with Crippen molar-refractivity contribution < 1.29 is 13.2 Å². The fourth-order valence-corrected chi connectivity index (χ4v) is 4.03. The number of hydrogen-bond acceptors (Lipinski definition) is 4. The smallest absolute Gasteiger partial charge is 0.242 e. The molecule has 2 rings (SSSR count). The molecule has 20 heavy (non-hydrogen) atoms.